The first-order valence-electron chi connectivity index (χ1n) is 6.04. The maximum atomic E-state index is 11.3. The first-order valence-corrected chi connectivity index (χ1v) is 7.93. The quantitative estimate of drug-likeness (QED) is 0.825. The second-order valence-corrected chi connectivity index (χ2v) is 6.76. The van der Waals surface area contributed by atoms with Crippen LogP contribution in [0.4, 0.5) is 0 Å². The highest BCUT2D eigenvalue weighted by Crippen LogP contribution is 2.26. The minimum absolute atomic E-state index is 0.385. The molecule has 2 rings (SSSR count). The van der Waals surface area contributed by atoms with E-state index >= 15 is 0 Å². The summed E-state index contributed by atoms with van der Waals surface area (Å²) in [7, 11) is -3.07. The molecule has 1 aliphatic rings. The van der Waals surface area contributed by atoms with Crippen LogP contribution in [0.25, 0.3) is 6.08 Å². The molecular formula is C14H18O2S. The van der Waals surface area contributed by atoms with E-state index in [1.165, 1.54) is 31.9 Å². The molecule has 0 saturated heterocycles. The van der Waals surface area contributed by atoms with Gasteiger partial charge in [-0.3, -0.25) is 0 Å². The van der Waals surface area contributed by atoms with Crippen LogP contribution in [-0.2, 0) is 9.84 Å². The molecule has 0 bridgehead atoms. The summed E-state index contributed by atoms with van der Waals surface area (Å²) in [6.07, 6.45) is 10.8. The number of hydrogen-bond acceptors (Lipinski definition) is 2. The third-order valence-corrected chi connectivity index (χ3v) is 4.40. The topological polar surface area (TPSA) is 34.1 Å². The Morgan fingerprint density at radius 1 is 1.12 bits per heavy atom. The lowest BCUT2D eigenvalue weighted by Crippen LogP contribution is -1.96. The van der Waals surface area contributed by atoms with Crippen LogP contribution in [0.2, 0.25) is 0 Å². The van der Waals surface area contributed by atoms with Crippen LogP contribution in [0.1, 0.15) is 31.2 Å². The average Bonchev–Trinajstić information content (AvgIpc) is 2.78. The molecule has 0 radical (unpaired) electrons. The fraction of sp³-hybridized carbons (Fsp3) is 0.429. The van der Waals surface area contributed by atoms with Crippen molar-refractivity contribution in [2.45, 2.75) is 30.6 Å². The first kappa shape index (κ1) is 12.4. The van der Waals surface area contributed by atoms with Gasteiger partial charge in [-0.25, -0.2) is 8.42 Å². The number of allylic oxidation sites excluding steroid dienone is 1. The minimum Gasteiger partial charge on any atom is -0.224 e. The lowest BCUT2D eigenvalue weighted by atomic mass is 10.1. The van der Waals surface area contributed by atoms with Gasteiger partial charge in [0.15, 0.2) is 9.84 Å². The molecule has 0 spiro atoms. The Morgan fingerprint density at radius 3 is 2.24 bits per heavy atom. The van der Waals surface area contributed by atoms with Gasteiger partial charge in [-0.1, -0.05) is 37.1 Å². The molecular weight excluding hydrogens is 232 g/mol. The summed E-state index contributed by atoms with van der Waals surface area (Å²) < 4.78 is 22.6. The molecule has 0 heterocycles. The molecule has 2 nitrogen and oxygen atoms in total. The van der Waals surface area contributed by atoms with Crippen molar-refractivity contribution in [1.29, 1.82) is 0 Å². The maximum absolute atomic E-state index is 11.3. The third kappa shape index (κ3) is 3.43. The summed E-state index contributed by atoms with van der Waals surface area (Å²) in [5, 5.41) is 0. The molecule has 0 amide bonds. The third-order valence-electron chi connectivity index (χ3n) is 3.27. The summed E-state index contributed by atoms with van der Waals surface area (Å²) in [5.41, 5.74) is 1.07. The maximum Gasteiger partial charge on any atom is 0.175 e. The molecule has 0 aromatic heterocycles. The standard InChI is InChI=1S/C14H18O2S/c1-17(15,16)14-10-8-13(9-11-14)7-6-12-4-2-3-5-12/h6-12H,2-5H2,1H3. The highest BCUT2D eigenvalue weighted by molar-refractivity contribution is 7.90. The first-order chi connectivity index (χ1) is 8.05. The number of sulfone groups is 1. The summed E-state index contributed by atoms with van der Waals surface area (Å²) in [5.74, 6) is 0.713. The lowest BCUT2D eigenvalue weighted by Gasteiger charge is -2.01. The second-order valence-electron chi connectivity index (χ2n) is 4.74. The molecule has 1 aliphatic carbocycles. The van der Waals surface area contributed by atoms with Crippen LogP contribution in [0.5, 0.6) is 0 Å². The summed E-state index contributed by atoms with van der Waals surface area (Å²) in [6, 6.07) is 7.07. The summed E-state index contributed by atoms with van der Waals surface area (Å²) in [6.45, 7) is 0. The monoisotopic (exact) mass is 250 g/mol. The Hall–Kier alpha value is -1.09. The second kappa shape index (κ2) is 5.05. The molecule has 0 atom stereocenters. The van der Waals surface area contributed by atoms with Crippen molar-refractivity contribution >= 4 is 15.9 Å². The van der Waals surface area contributed by atoms with Crippen LogP contribution in [0, 0.1) is 5.92 Å². The zero-order valence-electron chi connectivity index (χ0n) is 10.1. The molecule has 92 valence electrons. The summed E-state index contributed by atoms with van der Waals surface area (Å²) in [4.78, 5) is 0.385. The minimum atomic E-state index is -3.07. The Bertz CT molecular complexity index is 492. The Kier molecular flexibility index (Phi) is 3.67. The van der Waals surface area contributed by atoms with Crippen LogP contribution < -0.4 is 0 Å². The van der Waals surface area contributed by atoms with Gasteiger partial charge in [0.05, 0.1) is 4.90 Å². The van der Waals surface area contributed by atoms with Crippen molar-refractivity contribution in [2.24, 2.45) is 5.92 Å². The van der Waals surface area contributed by atoms with Crippen molar-refractivity contribution in [3.05, 3.63) is 35.9 Å². The van der Waals surface area contributed by atoms with E-state index in [-0.39, 0.29) is 0 Å². The van der Waals surface area contributed by atoms with Crippen molar-refractivity contribution in [1.82, 2.24) is 0 Å². The zero-order chi connectivity index (χ0) is 12.3. The summed E-state index contributed by atoms with van der Waals surface area (Å²) >= 11 is 0. The van der Waals surface area contributed by atoms with E-state index < -0.39 is 9.84 Å². The fourth-order valence-corrected chi connectivity index (χ4v) is 2.85. The van der Waals surface area contributed by atoms with Gasteiger partial charge in [-0.15, -0.1) is 0 Å². The average molecular weight is 250 g/mol. The normalized spacial score (nSPS) is 17.9. The number of hydrogen-bond donors (Lipinski definition) is 0. The van der Waals surface area contributed by atoms with Gasteiger partial charge < -0.3 is 0 Å². The molecule has 17 heavy (non-hydrogen) atoms. The molecule has 0 aliphatic heterocycles. The van der Waals surface area contributed by atoms with Crippen molar-refractivity contribution in [3.63, 3.8) is 0 Å². The van der Waals surface area contributed by atoms with E-state index in [0.29, 0.717) is 10.8 Å². The predicted octanol–water partition coefficient (Wildman–Crippen LogP) is 3.29. The van der Waals surface area contributed by atoms with Gasteiger partial charge in [0.2, 0.25) is 0 Å². The highest BCUT2D eigenvalue weighted by Gasteiger charge is 2.11. The fourth-order valence-electron chi connectivity index (χ4n) is 2.22. The molecule has 3 heteroatoms. The van der Waals surface area contributed by atoms with E-state index in [4.69, 9.17) is 0 Å². The van der Waals surface area contributed by atoms with Crippen LogP contribution in [0.3, 0.4) is 0 Å². The van der Waals surface area contributed by atoms with Gasteiger partial charge in [0.25, 0.3) is 0 Å². The molecule has 1 aromatic carbocycles. The molecule has 0 unspecified atom stereocenters. The van der Waals surface area contributed by atoms with E-state index in [0.717, 1.165) is 5.56 Å². The Morgan fingerprint density at radius 2 is 1.71 bits per heavy atom. The smallest absolute Gasteiger partial charge is 0.175 e. The van der Waals surface area contributed by atoms with Crippen molar-refractivity contribution in [2.75, 3.05) is 6.26 Å². The van der Waals surface area contributed by atoms with Gasteiger partial charge in [-0.05, 0) is 36.5 Å². The largest absolute Gasteiger partial charge is 0.224 e. The highest BCUT2D eigenvalue weighted by atomic mass is 32.2. The van der Waals surface area contributed by atoms with Gasteiger partial charge in [0, 0.05) is 6.26 Å². The van der Waals surface area contributed by atoms with Crippen molar-refractivity contribution < 1.29 is 8.42 Å². The van der Waals surface area contributed by atoms with Crippen LogP contribution in [-0.4, -0.2) is 14.7 Å². The van der Waals surface area contributed by atoms with E-state index in [2.05, 4.69) is 12.2 Å². The van der Waals surface area contributed by atoms with Crippen molar-refractivity contribution in [3.8, 4) is 0 Å². The number of rotatable bonds is 3. The van der Waals surface area contributed by atoms with Crippen LogP contribution >= 0.6 is 0 Å². The van der Waals surface area contributed by atoms with Gasteiger partial charge >= 0.3 is 0 Å². The SMILES string of the molecule is CS(=O)(=O)c1ccc(C=CC2CCCC2)cc1. The molecule has 1 aromatic rings. The van der Waals surface area contributed by atoms with E-state index in [1.54, 1.807) is 12.1 Å². The zero-order valence-corrected chi connectivity index (χ0v) is 10.9. The lowest BCUT2D eigenvalue weighted by molar-refractivity contribution is 0.602. The molecule has 0 N–H and O–H groups in total. The van der Waals surface area contributed by atoms with Gasteiger partial charge in [0.1, 0.15) is 0 Å². The van der Waals surface area contributed by atoms with Gasteiger partial charge in [-0.2, -0.15) is 0 Å². The predicted molar refractivity (Wildman–Crippen MR) is 70.5 cm³/mol. The molecule has 1 saturated carbocycles. The Labute approximate surface area is 103 Å². The Balaban J connectivity index is 2.08. The van der Waals surface area contributed by atoms with Crippen LogP contribution in [0.15, 0.2) is 35.2 Å². The van der Waals surface area contributed by atoms with E-state index in [9.17, 15) is 8.42 Å². The number of benzene rings is 1. The molecule has 1 fully saturated rings. The van der Waals surface area contributed by atoms with E-state index in [1.807, 2.05) is 12.1 Å².